The number of hydrogen-bond acceptors (Lipinski definition) is 6. The van der Waals surface area contributed by atoms with Crippen LogP contribution in [0.3, 0.4) is 0 Å². The van der Waals surface area contributed by atoms with Crippen LogP contribution >= 0.6 is 0 Å². The Kier molecular flexibility index (Phi) is 5.31. The second-order valence-corrected chi connectivity index (χ2v) is 7.78. The number of rotatable bonds is 6. The number of ether oxygens (including phenoxy) is 2. The molecule has 1 amide bonds. The predicted molar refractivity (Wildman–Crippen MR) is 102 cm³/mol. The molecular formula is C18H19N3O5S. The standard InChI is InChI=1S/C18H19N3O5S/c1-13(21(27(2,23)24)15-6-4-3-5-7-15)18(22)20-19-11-14-8-9-16-17(10-14)26-12-25-16/h3-11,13H,12H2,1-2H3,(H,20,22)/b19-11-/t13-/m0/s1. The maximum absolute atomic E-state index is 12.4. The Balaban J connectivity index is 1.70. The van der Waals surface area contributed by atoms with Crippen molar-refractivity contribution in [3.63, 3.8) is 0 Å². The van der Waals surface area contributed by atoms with Gasteiger partial charge in [-0.15, -0.1) is 0 Å². The fourth-order valence-electron chi connectivity index (χ4n) is 2.64. The van der Waals surface area contributed by atoms with Gasteiger partial charge in [-0.2, -0.15) is 5.10 Å². The van der Waals surface area contributed by atoms with Crippen LogP contribution in [-0.4, -0.2) is 39.6 Å². The second-order valence-electron chi connectivity index (χ2n) is 5.92. The topological polar surface area (TPSA) is 97.3 Å². The number of amides is 1. The first kappa shape index (κ1) is 18.7. The zero-order chi connectivity index (χ0) is 19.4. The molecular weight excluding hydrogens is 370 g/mol. The van der Waals surface area contributed by atoms with Gasteiger partial charge in [0.05, 0.1) is 18.2 Å². The summed E-state index contributed by atoms with van der Waals surface area (Å²) in [5, 5.41) is 3.90. The normalized spacial score (nSPS) is 14.1. The number of fused-ring (bicyclic) bond motifs is 1. The fourth-order valence-corrected chi connectivity index (χ4v) is 3.82. The summed E-state index contributed by atoms with van der Waals surface area (Å²) < 4.78 is 35.9. The predicted octanol–water partition coefficient (Wildman–Crippen LogP) is 1.72. The van der Waals surface area contributed by atoms with Gasteiger partial charge in [-0.05, 0) is 42.8 Å². The fraction of sp³-hybridized carbons (Fsp3) is 0.222. The minimum Gasteiger partial charge on any atom is -0.454 e. The molecule has 1 atom stereocenters. The van der Waals surface area contributed by atoms with Crippen molar-refractivity contribution in [1.29, 1.82) is 0 Å². The van der Waals surface area contributed by atoms with Crippen LogP contribution in [0.15, 0.2) is 53.6 Å². The molecule has 3 rings (SSSR count). The average molecular weight is 389 g/mol. The first-order valence-corrected chi connectivity index (χ1v) is 9.98. The molecule has 0 spiro atoms. The average Bonchev–Trinajstić information content (AvgIpc) is 3.09. The van der Waals surface area contributed by atoms with Crippen LogP contribution < -0.4 is 19.2 Å². The van der Waals surface area contributed by atoms with E-state index in [1.54, 1.807) is 48.5 Å². The highest BCUT2D eigenvalue weighted by Gasteiger charge is 2.28. The highest BCUT2D eigenvalue weighted by molar-refractivity contribution is 7.92. The maximum Gasteiger partial charge on any atom is 0.263 e. The van der Waals surface area contributed by atoms with E-state index < -0.39 is 22.0 Å². The van der Waals surface area contributed by atoms with Gasteiger partial charge >= 0.3 is 0 Å². The van der Waals surface area contributed by atoms with Crippen molar-refractivity contribution in [3.8, 4) is 11.5 Å². The summed E-state index contributed by atoms with van der Waals surface area (Å²) in [7, 11) is -3.66. The van der Waals surface area contributed by atoms with E-state index in [9.17, 15) is 13.2 Å². The van der Waals surface area contributed by atoms with Crippen LogP contribution in [0.5, 0.6) is 11.5 Å². The molecule has 0 unspecified atom stereocenters. The van der Waals surface area contributed by atoms with Crippen LogP contribution in [-0.2, 0) is 14.8 Å². The van der Waals surface area contributed by atoms with Crippen molar-refractivity contribution in [1.82, 2.24) is 5.43 Å². The number of carbonyl (C=O) groups is 1. The molecule has 8 nitrogen and oxygen atoms in total. The third-order valence-corrected chi connectivity index (χ3v) is 5.13. The number of sulfonamides is 1. The van der Waals surface area contributed by atoms with Crippen LogP contribution in [0.4, 0.5) is 5.69 Å². The summed E-state index contributed by atoms with van der Waals surface area (Å²) in [6.07, 6.45) is 2.50. The Bertz CT molecular complexity index is 960. The maximum atomic E-state index is 12.4. The zero-order valence-corrected chi connectivity index (χ0v) is 15.6. The number of anilines is 1. The Morgan fingerprint density at radius 1 is 1.19 bits per heavy atom. The second kappa shape index (κ2) is 7.67. The molecule has 1 heterocycles. The molecule has 0 radical (unpaired) electrons. The molecule has 9 heteroatoms. The van der Waals surface area contributed by atoms with E-state index in [1.807, 2.05) is 0 Å². The molecule has 0 aromatic heterocycles. The summed E-state index contributed by atoms with van der Waals surface area (Å²) >= 11 is 0. The lowest BCUT2D eigenvalue weighted by atomic mass is 10.2. The molecule has 0 bridgehead atoms. The first-order valence-electron chi connectivity index (χ1n) is 8.13. The molecule has 27 heavy (non-hydrogen) atoms. The van der Waals surface area contributed by atoms with Gasteiger partial charge in [0, 0.05) is 0 Å². The van der Waals surface area contributed by atoms with Gasteiger partial charge in [-0.1, -0.05) is 18.2 Å². The molecule has 1 aliphatic heterocycles. The van der Waals surface area contributed by atoms with E-state index in [1.165, 1.54) is 13.1 Å². The lowest BCUT2D eigenvalue weighted by molar-refractivity contribution is -0.121. The summed E-state index contributed by atoms with van der Waals surface area (Å²) in [4.78, 5) is 12.4. The summed E-state index contributed by atoms with van der Waals surface area (Å²) in [6, 6.07) is 12.7. The number of benzene rings is 2. The zero-order valence-electron chi connectivity index (χ0n) is 14.8. The number of carbonyl (C=O) groups excluding carboxylic acids is 1. The van der Waals surface area contributed by atoms with E-state index in [0.717, 1.165) is 10.6 Å². The molecule has 0 aliphatic carbocycles. The molecule has 0 saturated carbocycles. The van der Waals surface area contributed by atoms with Crippen molar-refractivity contribution in [2.75, 3.05) is 17.4 Å². The summed E-state index contributed by atoms with van der Waals surface area (Å²) in [5.41, 5.74) is 3.48. The van der Waals surface area contributed by atoms with Gasteiger partial charge in [0.2, 0.25) is 16.8 Å². The number of hydrogen-bond donors (Lipinski definition) is 1. The number of para-hydroxylation sites is 1. The van der Waals surface area contributed by atoms with Gasteiger partial charge in [-0.25, -0.2) is 13.8 Å². The number of hydrazone groups is 1. The van der Waals surface area contributed by atoms with Gasteiger partial charge in [-0.3, -0.25) is 9.10 Å². The molecule has 1 aliphatic rings. The van der Waals surface area contributed by atoms with E-state index >= 15 is 0 Å². The van der Waals surface area contributed by atoms with Crippen LogP contribution in [0, 0.1) is 0 Å². The van der Waals surface area contributed by atoms with E-state index in [4.69, 9.17) is 9.47 Å². The highest BCUT2D eigenvalue weighted by atomic mass is 32.2. The lowest BCUT2D eigenvalue weighted by Crippen LogP contribution is -2.46. The monoisotopic (exact) mass is 389 g/mol. The van der Waals surface area contributed by atoms with Gasteiger partial charge in [0.1, 0.15) is 6.04 Å². The van der Waals surface area contributed by atoms with Gasteiger partial charge in [0.15, 0.2) is 11.5 Å². The first-order chi connectivity index (χ1) is 12.9. The molecule has 0 saturated heterocycles. The number of nitrogens with zero attached hydrogens (tertiary/aromatic N) is 2. The van der Waals surface area contributed by atoms with Gasteiger partial charge in [0.25, 0.3) is 5.91 Å². The van der Waals surface area contributed by atoms with Crippen LogP contribution in [0.2, 0.25) is 0 Å². The third-order valence-electron chi connectivity index (χ3n) is 3.88. The SMILES string of the molecule is C[C@@H](C(=O)N/N=C\c1ccc2c(c1)OCO2)N(c1ccccc1)S(C)(=O)=O. The summed E-state index contributed by atoms with van der Waals surface area (Å²) in [5.74, 6) is 0.698. The van der Waals surface area contributed by atoms with E-state index in [0.29, 0.717) is 22.7 Å². The Morgan fingerprint density at radius 2 is 1.89 bits per heavy atom. The molecule has 142 valence electrons. The van der Waals surface area contributed by atoms with E-state index in [-0.39, 0.29) is 6.79 Å². The Morgan fingerprint density at radius 3 is 2.59 bits per heavy atom. The highest BCUT2D eigenvalue weighted by Crippen LogP contribution is 2.31. The number of nitrogens with one attached hydrogen (secondary N) is 1. The quantitative estimate of drug-likeness (QED) is 0.599. The van der Waals surface area contributed by atoms with Crippen molar-refractivity contribution in [2.45, 2.75) is 13.0 Å². The minimum absolute atomic E-state index is 0.172. The van der Waals surface area contributed by atoms with Crippen molar-refractivity contribution in [3.05, 3.63) is 54.1 Å². The molecule has 2 aromatic rings. The Labute approximate surface area is 157 Å². The smallest absolute Gasteiger partial charge is 0.263 e. The minimum atomic E-state index is -3.66. The van der Waals surface area contributed by atoms with Crippen molar-refractivity contribution < 1.29 is 22.7 Å². The lowest BCUT2D eigenvalue weighted by Gasteiger charge is -2.27. The molecule has 2 aromatic carbocycles. The third kappa shape index (κ3) is 4.37. The van der Waals surface area contributed by atoms with Crippen LogP contribution in [0.25, 0.3) is 0 Å². The van der Waals surface area contributed by atoms with Crippen molar-refractivity contribution >= 4 is 27.8 Å². The largest absolute Gasteiger partial charge is 0.454 e. The Hall–Kier alpha value is -3.07. The van der Waals surface area contributed by atoms with Crippen molar-refractivity contribution in [2.24, 2.45) is 5.10 Å². The molecule has 0 fully saturated rings. The van der Waals surface area contributed by atoms with E-state index in [2.05, 4.69) is 10.5 Å². The molecule has 1 N–H and O–H groups in total. The van der Waals surface area contributed by atoms with Gasteiger partial charge < -0.3 is 9.47 Å². The van der Waals surface area contributed by atoms with Crippen LogP contribution in [0.1, 0.15) is 12.5 Å². The summed E-state index contributed by atoms with van der Waals surface area (Å²) in [6.45, 7) is 1.67.